The van der Waals surface area contributed by atoms with Crippen molar-refractivity contribution in [2.24, 2.45) is 0 Å². The summed E-state index contributed by atoms with van der Waals surface area (Å²) in [6, 6.07) is 21.5. The molecular formula is C31H39N3O5S. The molecule has 0 aromatic heterocycles. The summed E-state index contributed by atoms with van der Waals surface area (Å²) >= 11 is 0. The zero-order chi connectivity index (χ0) is 29.1. The van der Waals surface area contributed by atoms with E-state index in [-0.39, 0.29) is 17.3 Å². The molecule has 0 saturated heterocycles. The molecule has 40 heavy (non-hydrogen) atoms. The Hall–Kier alpha value is -3.85. The molecule has 0 aliphatic rings. The number of hydrogen-bond acceptors (Lipinski definition) is 5. The van der Waals surface area contributed by atoms with Crippen molar-refractivity contribution in [3.05, 3.63) is 90.0 Å². The lowest BCUT2D eigenvalue weighted by Gasteiger charge is -2.33. The lowest BCUT2D eigenvalue weighted by atomic mass is 10.1. The van der Waals surface area contributed by atoms with Gasteiger partial charge in [-0.2, -0.15) is 0 Å². The van der Waals surface area contributed by atoms with E-state index >= 15 is 0 Å². The molecule has 3 rings (SSSR count). The number of carbonyl (C=O) groups excluding carboxylic acids is 2. The molecule has 0 heterocycles. The van der Waals surface area contributed by atoms with Gasteiger partial charge in [-0.05, 0) is 74.2 Å². The molecule has 1 N–H and O–H groups in total. The fraction of sp³-hybridized carbons (Fsp3) is 0.355. The van der Waals surface area contributed by atoms with E-state index < -0.39 is 28.5 Å². The first-order valence-electron chi connectivity index (χ1n) is 13.6. The third kappa shape index (κ3) is 7.63. The summed E-state index contributed by atoms with van der Waals surface area (Å²) in [6.45, 7) is 8.27. The number of aryl methyl sites for hydroxylation is 1. The van der Waals surface area contributed by atoms with Crippen molar-refractivity contribution in [3.8, 4) is 5.75 Å². The maximum Gasteiger partial charge on any atom is 0.264 e. The number of benzene rings is 3. The number of hydrogen-bond donors (Lipinski definition) is 1. The van der Waals surface area contributed by atoms with Gasteiger partial charge in [0.15, 0.2) is 0 Å². The third-order valence-corrected chi connectivity index (χ3v) is 8.37. The van der Waals surface area contributed by atoms with E-state index in [2.05, 4.69) is 5.32 Å². The van der Waals surface area contributed by atoms with Crippen molar-refractivity contribution in [2.45, 2.75) is 58.0 Å². The zero-order valence-electron chi connectivity index (χ0n) is 23.7. The molecule has 214 valence electrons. The fourth-order valence-electron chi connectivity index (χ4n) is 4.38. The van der Waals surface area contributed by atoms with Crippen LogP contribution in [0.3, 0.4) is 0 Å². The summed E-state index contributed by atoms with van der Waals surface area (Å²) in [5.74, 6) is -0.144. The molecule has 0 spiro atoms. The maximum absolute atomic E-state index is 14.1. The Morgan fingerprint density at radius 3 is 2.15 bits per heavy atom. The molecule has 2 amide bonds. The van der Waals surface area contributed by atoms with E-state index in [1.54, 1.807) is 42.5 Å². The molecule has 1 atom stereocenters. The molecule has 8 nitrogen and oxygen atoms in total. The quantitative estimate of drug-likeness (QED) is 0.299. The monoisotopic (exact) mass is 565 g/mol. The van der Waals surface area contributed by atoms with Gasteiger partial charge in [-0.3, -0.25) is 13.9 Å². The number of amides is 2. The van der Waals surface area contributed by atoms with Gasteiger partial charge in [0.1, 0.15) is 18.3 Å². The number of anilines is 1. The number of nitrogens with one attached hydrogen (secondary N) is 1. The lowest BCUT2D eigenvalue weighted by molar-refractivity contribution is -0.140. The summed E-state index contributed by atoms with van der Waals surface area (Å²) in [4.78, 5) is 28.8. The highest BCUT2D eigenvalue weighted by Gasteiger charge is 2.33. The Bertz CT molecular complexity index is 1360. The molecule has 0 aliphatic carbocycles. The molecule has 3 aromatic rings. The number of rotatable bonds is 14. The van der Waals surface area contributed by atoms with Gasteiger partial charge in [-0.15, -0.1) is 0 Å². The van der Waals surface area contributed by atoms with Crippen molar-refractivity contribution in [2.75, 3.05) is 24.0 Å². The second-order valence-corrected chi connectivity index (χ2v) is 11.3. The summed E-state index contributed by atoms with van der Waals surface area (Å²) < 4.78 is 34.4. The molecule has 0 unspecified atom stereocenters. The van der Waals surface area contributed by atoms with Crippen molar-refractivity contribution in [3.63, 3.8) is 0 Å². The van der Waals surface area contributed by atoms with Gasteiger partial charge in [-0.1, -0.05) is 56.3 Å². The molecule has 0 bridgehead atoms. The normalized spacial score (nSPS) is 11.9. The van der Waals surface area contributed by atoms with Gasteiger partial charge in [-0.25, -0.2) is 8.42 Å². The summed E-state index contributed by atoms with van der Waals surface area (Å²) in [7, 11) is -4.11. The Balaban J connectivity index is 2.05. The van der Waals surface area contributed by atoms with Crippen molar-refractivity contribution >= 4 is 27.5 Å². The first-order valence-corrected chi connectivity index (χ1v) is 15.1. The van der Waals surface area contributed by atoms with Crippen LogP contribution in [0.4, 0.5) is 5.69 Å². The van der Waals surface area contributed by atoms with Crippen LogP contribution in [0.2, 0.25) is 0 Å². The Morgan fingerprint density at radius 2 is 1.55 bits per heavy atom. The van der Waals surface area contributed by atoms with E-state index in [1.165, 1.54) is 17.0 Å². The number of sulfonamides is 1. The molecule has 0 radical (unpaired) electrons. The standard InChI is InChI=1S/C31H39N3O5S/c1-5-21-32-31(36)29(6-2)33(22-25-14-12-11-13-24(25)4)30(35)23-34(26-17-19-27(20-18-26)39-7-3)40(37,38)28-15-9-8-10-16-28/h8-20,29H,5-7,21-23H2,1-4H3,(H,32,36)/t29-/m0/s1. The average Bonchev–Trinajstić information content (AvgIpc) is 2.96. The van der Waals surface area contributed by atoms with E-state index in [9.17, 15) is 18.0 Å². The van der Waals surface area contributed by atoms with Crippen LogP contribution in [0, 0.1) is 6.92 Å². The molecule has 9 heteroatoms. The number of carbonyl (C=O) groups is 2. The molecular weight excluding hydrogens is 526 g/mol. The van der Waals surface area contributed by atoms with Gasteiger partial charge in [0.25, 0.3) is 10.0 Å². The highest BCUT2D eigenvalue weighted by Crippen LogP contribution is 2.27. The molecule has 3 aromatic carbocycles. The zero-order valence-corrected chi connectivity index (χ0v) is 24.5. The Kier molecular flexibility index (Phi) is 11.1. The highest BCUT2D eigenvalue weighted by molar-refractivity contribution is 7.92. The van der Waals surface area contributed by atoms with Crippen LogP contribution in [0.5, 0.6) is 5.75 Å². The Labute approximate surface area is 238 Å². The third-order valence-electron chi connectivity index (χ3n) is 6.58. The van der Waals surface area contributed by atoms with Crippen LogP contribution in [-0.2, 0) is 26.2 Å². The fourth-order valence-corrected chi connectivity index (χ4v) is 5.82. The topological polar surface area (TPSA) is 96.0 Å². The van der Waals surface area contributed by atoms with Crippen LogP contribution in [-0.4, -0.2) is 50.9 Å². The largest absolute Gasteiger partial charge is 0.494 e. The van der Waals surface area contributed by atoms with Crippen LogP contribution in [0.1, 0.15) is 44.7 Å². The first-order chi connectivity index (χ1) is 19.2. The Morgan fingerprint density at radius 1 is 0.900 bits per heavy atom. The van der Waals surface area contributed by atoms with Crippen LogP contribution in [0.25, 0.3) is 0 Å². The van der Waals surface area contributed by atoms with Crippen LogP contribution >= 0.6 is 0 Å². The first kappa shape index (κ1) is 30.7. The van der Waals surface area contributed by atoms with Gasteiger partial charge in [0.05, 0.1) is 17.2 Å². The van der Waals surface area contributed by atoms with E-state index in [4.69, 9.17) is 4.74 Å². The predicted molar refractivity (Wildman–Crippen MR) is 158 cm³/mol. The maximum atomic E-state index is 14.1. The van der Waals surface area contributed by atoms with Crippen LogP contribution in [0.15, 0.2) is 83.8 Å². The second kappa shape index (κ2) is 14.5. The number of nitrogens with zero attached hydrogens (tertiary/aromatic N) is 2. The van der Waals surface area contributed by atoms with Gasteiger partial charge >= 0.3 is 0 Å². The molecule has 0 fully saturated rings. The van der Waals surface area contributed by atoms with Crippen molar-refractivity contribution < 1.29 is 22.7 Å². The average molecular weight is 566 g/mol. The number of ether oxygens (including phenoxy) is 1. The smallest absolute Gasteiger partial charge is 0.264 e. The van der Waals surface area contributed by atoms with Gasteiger partial charge in [0, 0.05) is 13.1 Å². The van der Waals surface area contributed by atoms with Gasteiger partial charge < -0.3 is 15.0 Å². The molecule has 0 aliphatic heterocycles. The van der Waals surface area contributed by atoms with Crippen molar-refractivity contribution in [1.29, 1.82) is 0 Å². The van der Waals surface area contributed by atoms with Crippen molar-refractivity contribution in [1.82, 2.24) is 10.2 Å². The van der Waals surface area contributed by atoms with E-state index in [0.29, 0.717) is 31.0 Å². The van der Waals surface area contributed by atoms with E-state index in [1.807, 2.05) is 52.0 Å². The highest BCUT2D eigenvalue weighted by atomic mass is 32.2. The van der Waals surface area contributed by atoms with Gasteiger partial charge in [0.2, 0.25) is 11.8 Å². The summed E-state index contributed by atoms with van der Waals surface area (Å²) in [5.41, 5.74) is 2.18. The summed E-state index contributed by atoms with van der Waals surface area (Å²) in [5, 5.41) is 2.90. The lowest BCUT2D eigenvalue weighted by Crippen LogP contribution is -2.52. The minimum absolute atomic E-state index is 0.0647. The predicted octanol–water partition coefficient (Wildman–Crippen LogP) is 4.92. The minimum Gasteiger partial charge on any atom is -0.494 e. The summed E-state index contributed by atoms with van der Waals surface area (Å²) in [6.07, 6.45) is 1.14. The second-order valence-electron chi connectivity index (χ2n) is 9.41. The minimum atomic E-state index is -4.11. The van der Waals surface area contributed by atoms with E-state index in [0.717, 1.165) is 21.9 Å². The van der Waals surface area contributed by atoms with Crippen LogP contribution < -0.4 is 14.4 Å². The molecule has 0 saturated carbocycles. The SMILES string of the molecule is CCCNC(=O)[C@H](CC)N(Cc1ccccc1C)C(=O)CN(c1ccc(OCC)cc1)S(=O)(=O)c1ccccc1.